The maximum atomic E-state index is 10.8. The van der Waals surface area contributed by atoms with Gasteiger partial charge in [-0.2, -0.15) is 0 Å². The van der Waals surface area contributed by atoms with E-state index in [1.54, 1.807) is 6.20 Å². The number of carboxylic acids is 1. The molecule has 0 saturated carbocycles. The fourth-order valence-electron chi connectivity index (χ4n) is 1.38. The van der Waals surface area contributed by atoms with Gasteiger partial charge in [0.15, 0.2) is 0 Å². The molecule has 1 aromatic heterocycles. The molecule has 0 aromatic carbocycles. The van der Waals surface area contributed by atoms with Crippen molar-refractivity contribution in [3.05, 3.63) is 30.1 Å². The molecule has 88 valence electrons. The van der Waals surface area contributed by atoms with Crippen LogP contribution in [0.3, 0.4) is 0 Å². The maximum Gasteiger partial charge on any atom is 0.317 e. The van der Waals surface area contributed by atoms with E-state index in [1.807, 2.05) is 43.9 Å². The first-order valence-corrected chi connectivity index (χ1v) is 5.26. The van der Waals surface area contributed by atoms with E-state index in [2.05, 4.69) is 4.98 Å². The second kappa shape index (κ2) is 5.07. The van der Waals surface area contributed by atoms with Crippen molar-refractivity contribution in [3.8, 4) is 0 Å². The number of carbonyl (C=O) groups is 1. The number of carboxylic acid groups (broad SMARTS) is 1. The summed E-state index contributed by atoms with van der Waals surface area (Å²) in [5.41, 5.74) is 0.703. The van der Waals surface area contributed by atoms with Crippen molar-refractivity contribution in [1.29, 1.82) is 0 Å². The van der Waals surface area contributed by atoms with Crippen molar-refractivity contribution >= 4 is 5.97 Å². The Bertz CT molecular complexity index is 344. The minimum absolute atomic E-state index is 0.0279. The number of rotatable bonds is 4. The van der Waals surface area contributed by atoms with E-state index in [0.717, 1.165) is 5.69 Å². The summed E-state index contributed by atoms with van der Waals surface area (Å²) in [7, 11) is 0. The lowest BCUT2D eigenvalue weighted by atomic mass is 10.1. The van der Waals surface area contributed by atoms with Gasteiger partial charge in [0, 0.05) is 18.3 Å². The topological polar surface area (TPSA) is 53.4 Å². The van der Waals surface area contributed by atoms with Crippen molar-refractivity contribution in [2.24, 2.45) is 0 Å². The molecule has 1 heterocycles. The summed E-state index contributed by atoms with van der Waals surface area (Å²) in [4.78, 5) is 16.9. The van der Waals surface area contributed by atoms with Crippen LogP contribution in [-0.2, 0) is 11.3 Å². The molecule has 4 heteroatoms. The molecule has 0 bridgehead atoms. The molecular formula is C12H18N2O2. The predicted molar refractivity (Wildman–Crippen MR) is 62.0 cm³/mol. The smallest absolute Gasteiger partial charge is 0.317 e. The lowest BCUT2D eigenvalue weighted by Gasteiger charge is -2.33. The van der Waals surface area contributed by atoms with Gasteiger partial charge in [-0.3, -0.25) is 14.7 Å². The Morgan fingerprint density at radius 1 is 1.44 bits per heavy atom. The van der Waals surface area contributed by atoms with Gasteiger partial charge in [-0.25, -0.2) is 0 Å². The summed E-state index contributed by atoms with van der Waals surface area (Å²) in [6.07, 6.45) is 1.72. The summed E-state index contributed by atoms with van der Waals surface area (Å²) in [6, 6.07) is 5.66. The van der Waals surface area contributed by atoms with Gasteiger partial charge in [-0.05, 0) is 32.9 Å². The average Bonchev–Trinajstić information content (AvgIpc) is 2.16. The first-order valence-electron chi connectivity index (χ1n) is 5.26. The van der Waals surface area contributed by atoms with Gasteiger partial charge in [-0.1, -0.05) is 6.07 Å². The first-order chi connectivity index (χ1) is 7.39. The van der Waals surface area contributed by atoms with E-state index in [-0.39, 0.29) is 12.1 Å². The van der Waals surface area contributed by atoms with Crippen LogP contribution in [-0.4, -0.2) is 33.0 Å². The van der Waals surface area contributed by atoms with E-state index >= 15 is 0 Å². The Morgan fingerprint density at radius 3 is 2.56 bits per heavy atom. The molecule has 4 nitrogen and oxygen atoms in total. The van der Waals surface area contributed by atoms with Crippen molar-refractivity contribution in [3.63, 3.8) is 0 Å². The summed E-state index contributed by atoms with van der Waals surface area (Å²) >= 11 is 0. The van der Waals surface area contributed by atoms with Gasteiger partial charge < -0.3 is 5.11 Å². The fraction of sp³-hybridized carbons (Fsp3) is 0.500. The fourth-order valence-corrected chi connectivity index (χ4v) is 1.38. The summed E-state index contributed by atoms with van der Waals surface area (Å²) < 4.78 is 0. The molecule has 0 aliphatic carbocycles. The molecular weight excluding hydrogens is 204 g/mol. The van der Waals surface area contributed by atoms with Gasteiger partial charge in [0.2, 0.25) is 0 Å². The number of aliphatic carboxylic acids is 1. The molecule has 1 rings (SSSR count). The molecule has 0 atom stereocenters. The van der Waals surface area contributed by atoms with Crippen LogP contribution < -0.4 is 0 Å². The number of hydrogen-bond acceptors (Lipinski definition) is 3. The molecule has 1 aromatic rings. The van der Waals surface area contributed by atoms with Crippen LogP contribution in [0.5, 0.6) is 0 Å². The van der Waals surface area contributed by atoms with E-state index in [0.29, 0.717) is 6.54 Å². The number of nitrogens with zero attached hydrogens (tertiary/aromatic N) is 2. The zero-order chi connectivity index (χ0) is 12.2. The Hall–Kier alpha value is -1.42. The zero-order valence-electron chi connectivity index (χ0n) is 9.97. The third kappa shape index (κ3) is 3.98. The van der Waals surface area contributed by atoms with Gasteiger partial charge in [0.25, 0.3) is 0 Å². The van der Waals surface area contributed by atoms with Gasteiger partial charge in [0.05, 0.1) is 12.2 Å². The molecule has 0 unspecified atom stereocenters. The van der Waals surface area contributed by atoms with Gasteiger partial charge in [-0.15, -0.1) is 0 Å². The second-order valence-corrected chi connectivity index (χ2v) is 4.74. The van der Waals surface area contributed by atoms with E-state index < -0.39 is 5.97 Å². The standard InChI is InChI=1S/C12H18N2O2/c1-12(2,3)14(9-11(15)16)8-10-6-4-5-7-13-10/h4-7H,8-9H2,1-3H3,(H,15,16). The van der Waals surface area contributed by atoms with Crippen molar-refractivity contribution in [2.45, 2.75) is 32.9 Å². The van der Waals surface area contributed by atoms with Crippen LogP contribution in [0.25, 0.3) is 0 Å². The maximum absolute atomic E-state index is 10.8. The van der Waals surface area contributed by atoms with Crippen LogP contribution in [0.15, 0.2) is 24.4 Å². The van der Waals surface area contributed by atoms with Gasteiger partial charge in [0.1, 0.15) is 0 Å². The lowest BCUT2D eigenvalue weighted by Crippen LogP contribution is -2.43. The minimum Gasteiger partial charge on any atom is -0.480 e. The normalized spacial score (nSPS) is 11.8. The SMILES string of the molecule is CC(C)(C)N(CC(=O)O)Cc1ccccn1. The van der Waals surface area contributed by atoms with Crippen molar-refractivity contribution in [1.82, 2.24) is 9.88 Å². The molecule has 0 saturated heterocycles. The molecule has 0 fully saturated rings. The molecule has 16 heavy (non-hydrogen) atoms. The molecule has 0 spiro atoms. The van der Waals surface area contributed by atoms with Gasteiger partial charge >= 0.3 is 5.97 Å². The van der Waals surface area contributed by atoms with Crippen LogP contribution in [0.4, 0.5) is 0 Å². The highest BCUT2D eigenvalue weighted by molar-refractivity contribution is 5.69. The van der Waals surface area contributed by atoms with E-state index in [1.165, 1.54) is 0 Å². The van der Waals surface area contributed by atoms with E-state index in [9.17, 15) is 4.79 Å². The monoisotopic (exact) mass is 222 g/mol. The summed E-state index contributed by atoms with van der Waals surface area (Å²) in [6.45, 7) is 6.58. The average molecular weight is 222 g/mol. The second-order valence-electron chi connectivity index (χ2n) is 4.74. The van der Waals surface area contributed by atoms with E-state index in [4.69, 9.17) is 5.11 Å². The Morgan fingerprint density at radius 2 is 2.12 bits per heavy atom. The third-order valence-electron chi connectivity index (χ3n) is 2.35. The molecule has 0 aliphatic heterocycles. The highest BCUT2D eigenvalue weighted by Gasteiger charge is 2.23. The van der Waals surface area contributed by atoms with Crippen LogP contribution >= 0.6 is 0 Å². The lowest BCUT2D eigenvalue weighted by molar-refractivity contribution is -0.139. The Kier molecular flexibility index (Phi) is 4.01. The largest absolute Gasteiger partial charge is 0.480 e. The highest BCUT2D eigenvalue weighted by atomic mass is 16.4. The minimum atomic E-state index is -0.814. The summed E-state index contributed by atoms with van der Waals surface area (Å²) in [5, 5.41) is 8.86. The van der Waals surface area contributed by atoms with Crippen molar-refractivity contribution < 1.29 is 9.90 Å². The van der Waals surface area contributed by atoms with Crippen LogP contribution in [0.2, 0.25) is 0 Å². The molecule has 0 amide bonds. The summed E-state index contributed by atoms with van der Waals surface area (Å²) in [5.74, 6) is -0.814. The number of hydrogen-bond donors (Lipinski definition) is 1. The highest BCUT2D eigenvalue weighted by Crippen LogP contribution is 2.15. The van der Waals surface area contributed by atoms with Crippen molar-refractivity contribution in [2.75, 3.05) is 6.54 Å². The third-order valence-corrected chi connectivity index (χ3v) is 2.35. The zero-order valence-corrected chi connectivity index (χ0v) is 9.97. The predicted octanol–water partition coefficient (Wildman–Crippen LogP) is 1.77. The number of pyridine rings is 1. The Balaban J connectivity index is 2.75. The molecule has 1 N–H and O–H groups in total. The Labute approximate surface area is 95.9 Å². The number of aromatic nitrogens is 1. The van der Waals surface area contributed by atoms with Crippen LogP contribution in [0.1, 0.15) is 26.5 Å². The first kappa shape index (κ1) is 12.6. The molecule has 0 radical (unpaired) electrons. The quantitative estimate of drug-likeness (QED) is 0.843. The van der Waals surface area contributed by atoms with Crippen LogP contribution in [0, 0.1) is 0 Å². The molecule has 0 aliphatic rings.